The topological polar surface area (TPSA) is 71.9 Å². The number of hydrogen-bond acceptors (Lipinski definition) is 5. The molecule has 1 fully saturated rings. The van der Waals surface area contributed by atoms with Crippen LogP contribution in [0.2, 0.25) is 0 Å². The molecule has 0 aliphatic carbocycles. The summed E-state index contributed by atoms with van der Waals surface area (Å²) in [5.41, 5.74) is 2.30. The molecule has 0 saturated carbocycles. The average molecular weight is 488 g/mol. The molecule has 2 heterocycles. The van der Waals surface area contributed by atoms with Crippen molar-refractivity contribution < 1.29 is 31.1 Å². The number of hydrogen-bond donors (Lipinski definition) is 0. The first kappa shape index (κ1) is 25.4. The van der Waals surface area contributed by atoms with E-state index in [1.807, 2.05) is 0 Å². The number of carbonyl (C=O) groups excluding carboxylic acids is 1. The fourth-order valence-electron chi connectivity index (χ4n) is 3.89. The molecule has 0 radical (unpaired) electrons. The van der Waals surface area contributed by atoms with E-state index in [1.165, 1.54) is 22.3 Å². The van der Waals surface area contributed by atoms with Crippen LogP contribution in [-0.2, 0) is 14.8 Å². The van der Waals surface area contributed by atoms with Gasteiger partial charge in [-0.25, -0.2) is 8.42 Å². The van der Waals surface area contributed by atoms with Crippen LogP contribution >= 0.6 is 0 Å². The summed E-state index contributed by atoms with van der Waals surface area (Å²) in [5, 5.41) is 0. The van der Waals surface area contributed by atoms with Crippen molar-refractivity contribution in [2.24, 2.45) is 0 Å². The molecule has 11 heteroatoms. The Hall–Kier alpha value is -2.21. The molecule has 0 bridgehead atoms. The van der Waals surface area contributed by atoms with Crippen LogP contribution in [0.15, 0.2) is 35.2 Å². The number of aromatic nitrogens is 1. The van der Waals surface area contributed by atoms with E-state index < -0.39 is 22.6 Å². The number of alkyl halides is 3. The first-order chi connectivity index (χ1) is 15.4. The van der Waals surface area contributed by atoms with Crippen LogP contribution in [0.25, 0.3) is 5.69 Å². The van der Waals surface area contributed by atoms with Gasteiger partial charge >= 0.3 is 6.18 Å². The Kier molecular flexibility index (Phi) is 7.67. The molecule has 0 atom stereocenters. The second kappa shape index (κ2) is 9.96. The van der Waals surface area contributed by atoms with Gasteiger partial charge < -0.3 is 9.30 Å². The smallest absolute Gasteiger partial charge is 0.379 e. The molecule has 0 spiro atoms. The molecular formula is C22H28F3N3O4S. The predicted octanol–water partition coefficient (Wildman–Crippen LogP) is 3.18. The minimum atomic E-state index is -4.28. The lowest BCUT2D eigenvalue weighted by atomic mass is 10.1. The minimum Gasteiger partial charge on any atom is -0.379 e. The van der Waals surface area contributed by atoms with Gasteiger partial charge in [0, 0.05) is 42.3 Å². The summed E-state index contributed by atoms with van der Waals surface area (Å²) < 4.78 is 71.8. The van der Waals surface area contributed by atoms with Gasteiger partial charge in [-0.2, -0.15) is 17.5 Å². The summed E-state index contributed by atoms with van der Waals surface area (Å²) in [6, 6.07) is 8.17. The Morgan fingerprint density at radius 3 is 2.45 bits per heavy atom. The Morgan fingerprint density at radius 1 is 1.15 bits per heavy atom. The Balaban J connectivity index is 1.84. The van der Waals surface area contributed by atoms with E-state index in [0.29, 0.717) is 30.2 Å². The highest BCUT2D eigenvalue weighted by atomic mass is 32.2. The number of halogens is 3. The lowest BCUT2D eigenvalue weighted by molar-refractivity contribution is -0.137. The summed E-state index contributed by atoms with van der Waals surface area (Å²) in [5.74, 6) is -0.295. The van der Waals surface area contributed by atoms with Crippen molar-refractivity contribution in [2.45, 2.75) is 31.3 Å². The van der Waals surface area contributed by atoms with Crippen molar-refractivity contribution in [3.8, 4) is 5.69 Å². The molecule has 7 nitrogen and oxygen atoms in total. The van der Waals surface area contributed by atoms with Crippen molar-refractivity contribution in [1.29, 1.82) is 0 Å². The van der Waals surface area contributed by atoms with Crippen LogP contribution in [0, 0.1) is 13.8 Å². The molecule has 33 heavy (non-hydrogen) atoms. The Labute approximate surface area is 191 Å². The molecule has 2 aromatic rings. The largest absolute Gasteiger partial charge is 0.390 e. The van der Waals surface area contributed by atoms with Crippen LogP contribution in [0.5, 0.6) is 0 Å². The monoisotopic (exact) mass is 487 g/mol. The number of rotatable bonds is 8. The molecule has 1 aromatic heterocycles. The number of morpholine rings is 1. The number of likely N-dealkylation sites (N-methyl/N-ethyl adjacent to an activating group) is 1. The number of ether oxygens (including phenoxy) is 1. The number of carbonyl (C=O) groups is 1. The summed E-state index contributed by atoms with van der Waals surface area (Å²) in [6.45, 7) is 4.37. The summed E-state index contributed by atoms with van der Waals surface area (Å²) in [4.78, 5) is 14.3. The Bertz CT molecular complexity index is 1110. The molecule has 1 aliphatic rings. The van der Waals surface area contributed by atoms with Crippen LogP contribution in [-0.4, -0.2) is 80.6 Å². The molecule has 1 aromatic carbocycles. The van der Waals surface area contributed by atoms with Gasteiger partial charge in [-0.3, -0.25) is 9.69 Å². The maximum Gasteiger partial charge on any atom is 0.390 e. The van der Waals surface area contributed by atoms with E-state index in [-0.39, 0.29) is 36.9 Å². The maximum absolute atomic E-state index is 13.0. The van der Waals surface area contributed by atoms with E-state index in [2.05, 4.69) is 0 Å². The molecule has 0 N–H and O–H groups in total. The third-order valence-corrected chi connectivity index (χ3v) is 7.50. The quantitative estimate of drug-likeness (QED) is 0.535. The second-order valence-electron chi connectivity index (χ2n) is 8.16. The zero-order chi connectivity index (χ0) is 24.4. The average Bonchev–Trinajstić information content (AvgIpc) is 3.06. The SMILES string of the molecule is Cc1cc(C(=O)CN(C)CCC(F)(F)F)c(C)n1-c1cccc(S(=O)(=O)N2CCOCC2)c1. The summed E-state index contributed by atoms with van der Waals surface area (Å²) in [7, 11) is -2.21. The lowest BCUT2D eigenvalue weighted by Crippen LogP contribution is -2.40. The predicted molar refractivity (Wildman–Crippen MR) is 117 cm³/mol. The molecule has 1 saturated heterocycles. The number of benzene rings is 1. The zero-order valence-corrected chi connectivity index (χ0v) is 19.7. The van der Waals surface area contributed by atoms with E-state index in [0.717, 1.165) is 5.69 Å². The fraction of sp³-hybridized carbons (Fsp3) is 0.500. The standard InChI is InChI=1S/C22H28F3N3O4S/c1-16-13-20(21(29)15-26(3)8-7-22(23,24)25)17(2)28(16)18-5-4-6-19(14-18)33(30,31)27-9-11-32-12-10-27/h4-6,13-14H,7-12,15H2,1-3H3. The van der Waals surface area contributed by atoms with Crippen molar-refractivity contribution in [3.63, 3.8) is 0 Å². The van der Waals surface area contributed by atoms with Crippen molar-refractivity contribution in [1.82, 2.24) is 13.8 Å². The third kappa shape index (κ3) is 6.03. The van der Waals surface area contributed by atoms with Gasteiger partial charge in [0.1, 0.15) is 0 Å². The van der Waals surface area contributed by atoms with E-state index in [4.69, 9.17) is 4.74 Å². The van der Waals surface area contributed by atoms with Crippen molar-refractivity contribution in [2.75, 3.05) is 46.4 Å². The number of aryl methyl sites for hydroxylation is 1. The minimum absolute atomic E-state index is 0.147. The lowest BCUT2D eigenvalue weighted by Gasteiger charge is -2.26. The molecular weight excluding hydrogens is 459 g/mol. The molecule has 182 valence electrons. The van der Waals surface area contributed by atoms with Crippen LogP contribution in [0.1, 0.15) is 28.2 Å². The van der Waals surface area contributed by atoms with E-state index in [1.54, 1.807) is 42.7 Å². The first-order valence-corrected chi connectivity index (χ1v) is 12.0. The van der Waals surface area contributed by atoms with Gasteiger partial charge in [0.2, 0.25) is 10.0 Å². The van der Waals surface area contributed by atoms with Crippen LogP contribution in [0.3, 0.4) is 0 Å². The summed E-state index contributed by atoms with van der Waals surface area (Å²) in [6.07, 6.45) is -5.26. The van der Waals surface area contributed by atoms with E-state index >= 15 is 0 Å². The van der Waals surface area contributed by atoms with Gasteiger partial charge in [-0.1, -0.05) is 6.07 Å². The maximum atomic E-state index is 13.0. The number of ketones is 1. The molecule has 0 amide bonds. The highest BCUT2D eigenvalue weighted by molar-refractivity contribution is 7.89. The van der Waals surface area contributed by atoms with Gasteiger partial charge in [0.05, 0.1) is 31.1 Å². The van der Waals surface area contributed by atoms with Crippen LogP contribution in [0.4, 0.5) is 13.2 Å². The number of sulfonamides is 1. The number of Topliss-reactive ketones (excluding diaryl/α,β-unsaturated/α-hetero) is 1. The molecule has 0 unspecified atom stereocenters. The molecule has 3 rings (SSSR count). The normalized spacial score (nSPS) is 15.8. The third-order valence-electron chi connectivity index (χ3n) is 5.61. The second-order valence-corrected chi connectivity index (χ2v) is 10.1. The first-order valence-electron chi connectivity index (χ1n) is 10.6. The number of nitrogens with zero attached hydrogens (tertiary/aromatic N) is 3. The van der Waals surface area contributed by atoms with Crippen molar-refractivity contribution >= 4 is 15.8 Å². The van der Waals surface area contributed by atoms with Crippen LogP contribution < -0.4 is 0 Å². The highest BCUT2D eigenvalue weighted by Crippen LogP contribution is 2.25. The Morgan fingerprint density at radius 2 is 1.82 bits per heavy atom. The van der Waals surface area contributed by atoms with Gasteiger partial charge in [0.15, 0.2) is 5.78 Å². The highest BCUT2D eigenvalue weighted by Gasteiger charge is 2.29. The molecule has 1 aliphatic heterocycles. The summed E-state index contributed by atoms with van der Waals surface area (Å²) >= 11 is 0. The van der Waals surface area contributed by atoms with Gasteiger partial charge in [-0.05, 0) is 45.2 Å². The van der Waals surface area contributed by atoms with Crippen molar-refractivity contribution in [3.05, 3.63) is 47.3 Å². The van der Waals surface area contributed by atoms with Gasteiger partial charge in [0.25, 0.3) is 0 Å². The fourth-order valence-corrected chi connectivity index (χ4v) is 5.34. The van der Waals surface area contributed by atoms with E-state index in [9.17, 15) is 26.4 Å². The van der Waals surface area contributed by atoms with Gasteiger partial charge in [-0.15, -0.1) is 0 Å². The zero-order valence-electron chi connectivity index (χ0n) is 18.9.